The summed E-state index contributed by atoms with van der Waals surface area (Å²) in [4.78, 5) is 14.2. The molecule has 0 saturated carbocycles. The van der Waals surface area contributed by atoms with Crippen molar-refractivity contribution in [2.24, 2.45) is 5.73 Å². The topological polar surface area (TPSA) is 46.3 Å². The van der Waals surface area contributed by atoms with Gasteiger partial charge in [0.1, 0.15) is 0 Å². The van der Waals surface area contributed by atoms with Crippen LogP contribution in [-0.2, 0) is 0 Å². The maximum absolute atomic E-state index is 12.3. The van der Waals surface area contributed by atoms with Gasteiger partial charge in [0, 0.05) is 24.7 Å². The molecule has 3 heteroatoms. The van der Waals surface area contributed by atoms with Gasteiger partial charge >= 0.3 is 0 Å². The standard InChI is InChI=1S/C14H20N2O/c1-10-3-4-12(9-11(10)2)14(17)16-7-5-13(15)6-8-16/h3-4,9,13H,5-8,15H2,1-2H3. The van der Waals surface area contributed by atoms with Gasteiger partial charge in [-0.15, -0.1) is 0 Å². The molecule has 0 spiro atoms. The zero-order valence-electron chi connectivity index (χ0n) is 10.6. The van der Waals surface area contributed by atoms with Gasteiger partial charge in [0.15, 0.2) is 0 Å². The predicted molar refractivity (Wildman–Crippen MR) is 69.0 cm³/mol. The van der Waals surface area contributed by atoms with Gasteiger partial charge in [-0.25, -0.2) is 0 Å². The normalized spacial score (nSPS) is 17.2. The van der Waals surface area contributed by atoms with E-state index in [1.54, 1.807) is 0 Å². The lowest BCUT2D eigenvalue weighted by molar-refractivity contribution is 0.0714. The summed E-state index contributed by atoms with van der Waals surface area (Å²) in [6.07, 6.45) is 1.83. The van der Waals surface area contributed by atoms with E-state index in [0.29, 0.717) is 0 Å². The molecule has 1 aliphatic rings. The SMILES string of the molecule is Cc1ccc(C(=O)N2CCC(N)CC2)cc1C. The first-order chi connectivity index (χ1) is 8.08. The van der Waals surface area contributed by atoms with E-state index in [2.05, 4.69) is 6.92 Å². The third-order valence-corrected chi connectivity index (χ3v) is 3.58. The first kappa shape index (κ1) is 12.1. The molecule has 1 aromatic rings. The average Bonchev–Trinajstić information content (AvgIpc) is 2.33. The number of piperidine rings is 1. The number of benzene rings is 1. The molecule has 0 aromatic heterocycles. The molecule has 0 unspecified atom stereocenters. The Kier molecular flexibility index (Phi) is 3.48. The van der Waals surface area contributed by atoms with Gasteiger partial charge in [-0.1, -0.05) is 6.07 Å². The van der Waals surface area contributed by atoms with E-state index in [9.17, 15) is 4.79 Å². The Morgan fingerprint density at radius 3 is 2.47 bits per heavy atom. The van der Waals surface area contributed by atoms with Crippen LogP contribution in [0.3, 0.4) is 0 Å². The van der Waals surface area contributed by atoms with Crippen molar-refractivity contribution in [2.75, 3.05) is 13.1 Å². The monoisotopic (exact) mass is 232 g/mol. The van der Waals surface area contributed by atoms with E-state index >= 15 is 0 Å². The number of carbonyl (C=O) groups is 1. The first-order valence-electron chi connectivity index (χ1n) is 6.20. The zero-order valence-corrected chi connectivity index (χ0v) is 10.6. The first-order valence-corrected chi connectivity index (χ1v) is 6.20. The second-order valence-electron chi connectivity index (χ2n) is 4.93. The van der Waals surface area contributed by atoms with Gasteiger partial charge < -0.3 is 10.6 Å². The van der Waals surface area contributed by atoms with Crippen LogP contribution in [0.4, 0.5) is 0 Å². The van der Waals surface area contributed by atoms with Gasteiger partial charge in [-0.05, 0) is 49.9 Å². The Balaban J connectivity index is 2.11. The zero-order chi connectivity index (χ0) is 12.4. The van der Waals surface area contributed by atoms with Crippen LogP contribution in [-0.4, -0.2) is 29.9 Å². The minimum absolute atomic E-state index is 0.139. The third kappa shape index (κ3) is 2.67. The molecule has 1 aromatic carbocycles. The largest absolute Gasteiger partial charge is 0.339 e. The highest BCUT2D eigenvalue weighted by atomic mass is 16.2. The summed E-state index contributed by atoms with van der Waals surface area (Å²) in [5.41, 5.74) is 9.03. The highest BCUT2D eigenvalue weighted by molar-refractivity contribution is 5.94. The van der Waals surface area contributed by atoms with E-state index in [0.717, 1.165) is 31.5 Å². The summed E-state index contributed by atoms with van der Waals surface area (Å²) < 4.78 is 0. The predicted octanol–water partition coefficient (Wildman–Crippen LogP) is 1.87. The van der Waals surface area contributed by atoms with Gasteiger partial charge in [-0.3, -0.25) is 4.79 Å². The molecule has 2 N–H and O–H groups in total. The summed E-state index contributed by atoms with van der Waals surface area (Å²) in [5, 5.41) is 0. The van der Waals surface area contributed by atoms with Crippen molar-refractivity contribution in [3.63, 3.8) is 0 Å². The molecule has 0 aliphatic carbocycles. The Bertz CT molecular complexity index is 420. The summed E-state index contributed by atoms with van der Waals surface area (Å²) in [6, 6.07) is 6.17. The number of hydrogen-bond acceptors (Lipinski definition) is 2. The fraction of sp³-hybridized carbons (Fsp3) is 0.500. The van der Waals surface area contributed by atoms with Crippen molar-refractivity contribution in [3.8, 4) is 0 Å². The lowest BCUT2D eigenvalue weighted by Crippen LogP contribution is -2.42. The minimum atomic E-state index is 0.139. The Morgan fingerprint density at radius 2 is 1.88 bits per heavy atom. The maximum Gasteiger partial charge on any atom is 0.253 e. The van der Waals surface area contributed by atoms with Crippen LogP contribution >= 0.6 is 0 Å². The number of amides is 1. The number of nitrogens with zero attached hydrogens (tertiary/aromatic N) is 1. The number of aryl methyl sites for hydroxylation is 2. The van der Waals surface area contributed by atoms with Crippen molar-refractivity contribution in [1.82, 2.24) is 4.90 Å². The summed E-state index contributed by atoms with van der Waals surface area (Å²) in [5.74, 6) is 0.139. The van der Waals surface area contributed by atoms with Crippen molar-refractivity contribution < 1.29 is 4.79 Å². The van der Waals surface area contributed by atoms with Gasteiger partial charge in [0.2, 0.25) is 0 Å². The Morgan fingerprint density at radius 1 is 1.24 bits per heavy atom. The molecule has 1 fully saturated rings. The van der Waals surface area contributed by atoms with E-state index in [4.69, 9.17) is 5.73 Å². The van der Waals surface area contributed by atoms with Gasteiger partial charge in [0.05, 0.1) is 0 Å². The number of carbonyl (C=O) groups excluding carboxylic acids is 1. The molecule has 1 aliphatic heterocycles. The lowest BCUT2D eigenvalue weighted by atomic mass is 10.0. The summed E-state index contributed by atoms with van der Waals surface area (Å²) in [7, 11) is 0. The molecule has 3 nitrogen and oxygen atoms in total. The van der Waals surface area contributed by atoms with Crippen molar-refractivity contribution in [1.29, 1.82) is 0 Å². The van der Waals surface area contributed by atoms with E-state index in [1.807, 2.05) is 30.0 Å². The van der Waals surface area contributed by atoms with Crippen LogP contribution in [0.5, 0.6) is 0 Å². The number of likely N-dealkylation sites (tertiary alicyclic amines) is 1. The second-order valence-corrected chi connectivity index (χ2v) is 4.93. The van der Waals surface area contributed by atoms with Crippen LogP contribution < -0.4 is 5.73 Å². The molecule has 92 valence electrons. The molecule has 1 amide bonds. The summed E-state index contributed by atoms with van der Waals surface area (Å²) in [6.45, 7) is 5.67. The van der Waals surface area contributed by atoms with Gasteiger partial charge in [-0.2, -0.15) is 0 Å². The Hall–Kier alpha value is -1.35. The smallest absolute Gasteiger partial charge is 0.253 e. The Labute approximate surface area is 103 Å². The maximum atomic E-state index is 12.3. The molecular weight excluding hydrogens is 212 g/mol. The second kappa shape index (κ2) is 4.88. The highest BCUT2D eigenvalue weighted by Crippen LogP contribution is 2.15. The van der Waals surface area contributed by atoms with Crippen molar-refractivity contribution in [2.45, 2.75) is 32.7 Å². The van der Waals surface area contributed by atoms with Crippen molar-refractivity contribution in [3.05, 3.63) is 34.9 Å². The van der Waals surface area contributed by atoms with Crippen LogP contribution in [0.25, 0.3) is 0 Å². The third-order valence-electron chi connectivity index (χ3n) is 3.58. The summed E-state index contributed by atoms with van der Waals surface area (Å²) >= 11 is 0. The molecule has 1 saturated heterocycles. The minimum Gasteiger partial charge on any atom is -0.339 e. The van der Waals surface area contributed by atoms with Gasteiger partial charge in [0.25, 0.3) is 5.91 Å². The average molecular weight is 232 g/mol. The number of rotatable bonds is 1. The molecule has 0 atom stereocenters. The fourth-order valence-corrected chi connectivity index (χ4v) is 2.16. The number of hydrogen-bond donors (Lipinski definition) is 1. The molecule has 0 bridgehead atoms. The lowest BCUT2D eigenvalue weighted by Gasteiger charge is -2.30. The van der Waals surface area contributed by atoms with E-state index in [1.165, 1.54) is 11.1 Å². The molecular formula is C14H20N2O. The number of nitrogens with two attached hydrogens (primary N) is 1. The molecule has 0 radical (unpaired) electrons. The molecule has 1 heterocycles. The van der Waals surface area contributed by atoms with Crippen LogP contribution in [0.15, 0.2) is 18.2 Å². The highest BCUT2D eigenvalue weighted by Gasteiger charge is 2.21. The van der Waals surface area contributed by atoms with E-state index in [-0.39, 0.29) is 11.9 Å². The van der Waals surface area contributed by atoms with E-state index < -0.39 is 0 Å². The molecule has 17 heavy (non-hydrogen) atoms. The van der Waals surface area contributed by atoms with Crippen molar-refractivity contribution >= 4 is 5.91 Å². The quantitative estimate of drug-likeness (QED) is 0.803. The fourth-order valence-electron chi connectivity index (χ4n) is 2.16. The van der Waals surface area contributed by atoms with Crippen LogP contribution in [0.2, 0.25) is 0 Å². The van der Waals surface area contributed by atoms with Crippen LogP contribution in [0.1, 0.15) is 34.3 Å². The molecule has 2 rings (SSSR count). The van der Waals surface area contributed by atoms with Crippen LogP contribution in [0, 0.1) is 13.8 Å².